The summed E-state index contributed by atoms with van der Waals surface area (Å²) in [6, 6.07) is 3.60. The van der Waals surface area contributed by atoms with Crippen molar-refractivity contribution in [1.29, 1.82) is 0 Å². The van der Waals surface area contributed by atoms with Crippen LogP contribution in [0.4, 0.5) is 0 Å². The molecule has 1 aromatic heterocycles. The maximum atomic E-state index is 12.2. The lowest BCUT2D eigenvalue weighted by Crippen LogP contribution is -2.31. The summed E-state index contributed by atoms with van der Waals surface area (Å²) in [5, 5.41) is 4.95. The number of carbonyl (C=O) groups excluding carboxylic acids is 2. The summed E-state index contributed by atoms with van der Waals surface area (Å²) in [6.07, 6.45) is 6.81. The van der Waals surface area contributed by atoms with Crippen LogP contribution in [0.2, 0.25) is 0 Å². The van der Waals surface area contributed by atoms with Gasteiger partial charge < -0.3 is 10.1 Å². The molecule has 1 aliphatic carbocycles. The van der Waals surface area contributed by atoms with E-state index in [0.717, 1.165) is 17.7 Å². The number of carbonyl (C=O) groups is 2. The van der Waals surface area contributed by atoms with E-state index < -0.39 is 0 Å². The molecule has 5 heteroatoms. The highest BCUT2D eigenvalue weighted by Crippen LogP contribution is 2.27. The van der Waals surface area contributed by atoms with Gasteiger partial charge in [-0.1, -0.05) is 25.3 Å². The van der Waals surface area contributed by atoms with Crippen LogP contribution in [0.1, 0.15) is 55.9 Å². The average Bonchev–Trinajstić information content (AvgIpc) is 3.01. The predicted octanol–water partition coefficient (Wildman–Crippen LogP) is 3.44. The van der Waals surface area contributed by atoms with Gasteiger partial charge >= 0.3 is 5.97 Å². The van der Waals surface area contributed by atoms with Crippen LogP contribution < -0.4 is 5.32 Å². The van der Waals surface area contributed by atoms with Gasteiger partial charge in [0.1, 0.15) is 0 Å². The van der Waals surface area contributed by atoms with E-state index >= 15 is 0 Å². The first-order valence-electron chi connectivity index (χ1n) is 7.58. The summed E-state index contributed by atoms with van der Waals surface area (Å²) in [4.78, 5) is 24.7. The molecule has 0 saturated heterocycles. The fourth-order valence-corrected chi connectivity index (χ4v) is 3.65. The van der Waals surface area contributed by atoms with E-state index in [2.05, 4.69) is 5.32 Å². The molecule has 1 atom stereocenters. The predicted molar refractivity (Wildman–Crippen MR) is 83.0 cm³/mol. The summed E-state index contributed by atoms with van der Waals surface area (Å²) >= 11 is 1.55. The van der Waals surface area contributed by atoms with Gasteiger partial charge in [0, 0.05) is 11.3 Å². The van der Waals surface area contributed by atoms with Crippen LogP contribution in [0, 0.1) is 5.92 Å². The second-order valence-electron chi connectivity index (χ2n) is 5.62. The molecule has 0 aromatic carbocycles. The molecule has 116 valence electrons. The number of methoxy groups -OCH3 is 1. The minimum absolute atomic E-state index is 0.0456. The number of esters is 1. The number of thiophene rings is 1. The zero-order valence-electron chi connectivity index (χ0n) is 12.5. The van der Waals surface area contributed by atoms with Gasteiger partial charge in [0.2, 0.25) is 5.91 Å². The third-order valence-electron chi connectivity index (χ3n) is 4.02. The van der Waals surface area contributed by atoms with Crippen LogP contribution in [0.25, 0.3) is 0 Å². The second kappa shape index (κ2) is 8.17. The van der Waals surface area contributed by atoms with Gasteiger partial charge in [0.25, 0.3) is 0 Å². The fourth-order valence-electron chi connectivity index (χ4n) is 2.87. The van der Waals surface area contributed by atoms with Crippen molar-refractivity contribution in [2.75, 3.05) is 7.11 Å². The van der Waals surface area contributed by atoms with Crippen LogP contribution >= 0.6 is 11.3 Å². The van der Waals surface area contributed by atoms with Crippen molar-refractivity contribution in [1.82, 2.24) is 5.32 Å². The zero-order chi connectivity index (χ0) is 15.1. The molecule has 0 radical (unpaired) electrons. The molecule has 0 bridgehead atoms. The van der Waals surface area contributed by atoms with E-state index in [-0.39, 0.29) is 24.3 Å². The highest BCUT2D eigenvalue weighted by Gasteiger charge is 2.22. The van der Waals surface area contributed by atoms with Gasteiger partial charge in [-0.2, -0.15) is 0 Å². The van der Waals surface area contributed by atoms with Crippen LogP contribution in [0.15, 0.2) is 17.5 Å². The smallest absolute Gasteiger partial charge is 0.307 e. The van der Waals surface area contributed by atoms with Crippen LogP contribution in [-0.2, 0) is 14.3 Å². The Kier molecular flexibility index (Phi) is 6.23. The number of amides is 1. The molecule has 0 spiro atoms. The molecule has 0 aliphatic heterocycles. The molecule has 1 unspecified atom stereocenters. The zero-order valence-corrected chi connectivity index (χ0v) is 13.3. The lowest BCUT2D eigenvalue weighted by Gasteiger charge is -2.22. The molecular formula is C16H23NO3S. The molecular weight excluding hydrogens is 286 g/mol. The number of hydrogen-bond acceptors (Lipinski definition) is 4. The summed E-state index contributed by atoms with van der Waals surface area (Å²) in [6.45, 7) is 0. The molecule has 1 heterocycles. The summed E-state index contributed by atoms with van der Waals surface area (Å²) in [5.74, 6) is 0.247. The highest BCUT2D eigenvalue weighted by atomic mass is 32.1. The number of nitrogens with one attached hydrogen (secondary N) is 1. The van der Waals surface area contributed by atoms with E-state index in [1.807, 2.05) is 17.5 Å². The van der Waals surface area contributed by atoms with Crippen molar-refractivity contribution in [3.63, 3.8) is 0 Å². The Labute approximate surface area is 129 Å². The van der Waals surface area contributed by atoms with Crippen LogP contribution in [0.5, 0.6) is 0 Å². The molecule has 2 rings (SSSR count). The molecule has 4 nitrogen and oxygen atoms in total. The van der Waals surface area contributed by atoms with Crippen molar-refractivity contribution in [2.24, 2.45) is 5.92 Å². The van der Waals surface area contributed by atoms with Crippen LogP contribution in [-0.4, -0.2) is 19.0 Å². The molecule has 21 heavy (non-hydrogen) atoms. The number of ether oxygens (including phenoxy) is 1. The topological polar surface area (TPSA) is 55.4 Å². The van der Waals surface area contributed by atoms with Crippen molar-refractivity contribution >= 4 is 23.2 Å². The normalized spacial score (nSPS) is 17.2. The molecule has 1 fully saturated rings. The van der Waals surface area contributed by atoms with Gasteiger partial charge in [0.15, 0.2) is 0 Å². The Bertz CT molecular complexity index is 452. The number of rotatable bonds is 6. The van der Waals surface area contributed by atoms with Crippen LogP contribution in [0.3, 0.4) is 0 Å². The van der Waals surface area contributed by atoms with E-state index in [1.54, 1.807) is 11.3 Å². The number of hydrogen-bond donors (Lipinski definition) is 1. The standard InChI is InChI=1S/C16H23NO3S/c1-20-16(19)11-13(14-8-5-9-21-14)17-15(18)10-12-6-3-2-4-7-12/h5,8-9,12-13H,2-4,6-7,10-11H2,1H3,(H,17,18). The third-order valence-corrected chi connectivity index (χ3v) is 5.01. The molecule has 1 aliphatic rings. The first-order chi connectivity index (χ1) is 10.2. The van der Waals surface area contributed by atoms with E-state index in [1.165, 1.54) is 26.4 Å². The van der Waals surface area contributed by atoms with Gasteiger partial charge in [0.05, 0.1) is 19.6 Å². The Hall–Kier alpha value is -1.36. The highest BCUT2D eigenvalue weighted by molar-refractivity contribution is 7.10. The Balaban J connectivity index is 1.91. The largest absolute Gasteiger partial charge is 0.469 e. The first-order valence-corrected chi connectivity index (χ1v) is 8.46. The first kappa shape index (κ1) is 16.0. The average molecular weight is 309 g/mol. The lowest BCUT2D eigenvalue weighted by atomic mass is 9.87. The molecule has 1 amide bonds. The van der Waals surface area contributed by atoms with Gasteiger partial charge in [-0.05, 0) is 30.2 Å². The van der Waals surface area contributed by atoms with E-state index in [0.29, 0.717) is 12.3 Å². The summed E-state index contributed by atoms with van der Waals surface area (Å²) < 4.78 is 4.72. The maximum Gasteiger partial charge on any atom is 0.307 e. The van der Waals surface area contributed by atoms with Crippen molar-refractivity contribution < 1.29 is 14.3 Å². The SMILES string of the molecule is COC(=O)CC(NC(=O)CC1CCCCC1)c1cccs1. The van der Waals surface area contributed by atoms with E-state index in [4.69, 9.17) is 4.74 Å². The monoisotopic (exact) mass is 309 g/mol. The van der Waals surface area contributed by atoms with E-state index in [9.17, 15) is 9.59 Å². The van der Waals surface area contributed by atoms with Gasteiger partial charge in [-0.15, -0.1) is 11.3 Å². The fraction of sp³-hybridized carbons (Fsp3) is 0.625. The molecule has 1 N–H and O–H groups in total. The lowest BCUT2D eigenvalue weighted by molar-refractivity contribution is -0.141. The molecule has 1 aromatic rings. The Morgan fingerprint density at radius 1 is 1.38 bits per heavy atom. The Morgan fingerprint density at radius 2 is 2.14 bits per heavy atom. The quantitative estimate of drug-likeness (QED) is 0.819. The van der Waals surface area contributed by atoms with Crippen molar-refractivity contribution in [2.45, 2.75) is 51.0 Å². The minimum atomic E-state index is -0.300. The molecule has 1 saturated carbocycles. The van der Waals surface area contributed by atoms with Crippen molar-refractivity contribution in [3.05, 3.63) is 22.4 Å². The van der Waals surface area contributed by atoms with Gasteiger partial charge in [-0.3, -0.25) is 9.59 Å². The van der Waals surface area contributed by atoms with Crippen molar-refractivity contribution in [3.8, 4) is 0 Å². The summed E-state index contributed by atoms with van der Waals surface area (Å²) in [7, 11) is 1.37. The maximum absolute atomic E-state index is 12.2. The second-order valence-corrected chi connectivity index (χ2v) is 6.60. The third kappa shape index (κ3) is 5.16. The van der Waals surface area contributed by atoms with Gasteiger partial charge in [-0.25, -0.2) is 0 Å². The minimum Gasteiger partial charge on any atom is -0.469 e. The Morgan fingerprint density at radius 3 is 2.76 bits per heavy atom. The summed E-state index contributed by atoms with van der Waals surface area (Å²) in [5.41, 5.74) is 0.